The number of aromatic nitrogens is 1. The number of carbonyl (C=O) groups is 1. The molecule has 0 unspecified atom stereocenters. The van der Waals surface area contributed by atoms with E-state index in [2.05, 4.69) is 4.98 Å². The van der Waals surface area contributed by atoms with Gasteiger partial charge < -0.3 is 9.88 Å². The van der Waals surface area contributed by atoms with Crippen molar-refractivity contribution < 1.29 is 4.79 Å². The van der Waals surface area contributed by atoms with Crippen molar-refractivity contribution in [1.29, 1.82) is 0 Å². The number of carbonyl (C=O) groups excluding carboxylic acids is 1. The topological polar surface area (TPSA) is 36.1 Å². The third-order valence-corrected chi connectivity index (χ3v) is 1.47. The highest BCUT2D eigenvalue weighted by Crippen LogP contribution is 2.01. The Labute approximate surface area is 66.0 Å². The van der Waals surface area contributed by atoms with Gasteiger partial charge in [0.05, 0.1) is 0 Å². The summed E-state index contributed by atoms with van der Waals surface area (Å²) in [6.07, 6.45) is 0. The number of hydrogen-bond acceptors (Lipinski definition) is 1. The maximum Gasteiger partial charge on any atom is 0.269 e. The summed E-state index contributed by atoms with van der Waals surface area (Å²) in [7, 11) is 3.47. The molecule has 3 heteroatoms. The van der Waals surface area contributed by atoms with Crippen LogP contribution >= 0.6 is 0 Å². The number of nitrogens with one attached hydrogen (secondary N) is 1. The fourth-order valence-electron chi connectivity index (χ4n) is 0.870. The maximum atomic E-state index is 11.3. The molecule has 1 heterocycles. The average Bonchev–Trinajstić information content (AvgIpc) is 2.34. The molecule has 60 valence electrons. The Morgan fingerprint density at radius 1 is 1.45 bits per heavy atom. The van der Waals surface area contributed by atoms with E-state index >= 15 is 0 Å². The molecule has 1 aromatic rings. The number of aryl methyl sites for hydroxylation is 1. The van der Waals surface area contributed by atoms with Crippen molar-refractivity contribution in [3.05, 3.63) is 23.5 Å². The maximum absolute atomic E-state index is 11.3. The van der Waals surface area contributed by atoms with Gasteiger partial charge in [-0.1, -0.05) is 0 Å². The standard InChI is InChI=1S/C8H12N2O/c1-6-4-5-7(9-6)8(11)10(2)3/h4-5,9H,1-3H3. The molecule has 0 aromatic carbocycles. The number of rotatable bonds is 1. The van der Waals surface area contributed by atoms with Crippen LogP contribution in [-0.2, 0) is 0 Å². The Hall–Kier alpha value is -1.25. The molecule has 0 spiro atoms. The lowest BCUT2D eigenvalue weighted by atomic mass is 10.4. The molecule has 1 aromatic heterocycles. The second kappa shape index (κ2) is 2.78. The molecule has 0 atom stereocenters. The SMILES string of the molecule is Cc1ccc(C(=O)N(C)C)[nH]1. The average molecular weight is 152 g/mol. The Bertz CT molecular complexity index is 263. The number of H-pyrrole nitrogens is 1. The van der Waals surface area contributed by atoms with Crippen LogP contribution in [0.3, 0.4) is 0 Å². The van der Waals surface area contributed by atoms with E-state index in [1.165, 1.54) is 0 Å². The summed E-state index contributed by atoms with van der Waals surface area (Å²) in [5, 5.41) is 0. The van der Waals surface area contributed by atoms with Gasteiger partial charge in [-0.25, -0.2) is 0 Å². The molecule has 1 rings (SSSR count). The predicted molar refractivity (Wildman–Crippen MR) is 43.5 cm³/mol. The zero-order valence-corrected chi connectivity index (χ0v) is 7.01. The molecular formula is C8H12N2O. The zero-order chi connectivity index (χ0) is 8.43. The minimum Gasteiger partial charge on any atom is -0.355 e. The Kier molecular flexibility index (Phi) is 1.98. The van der Waals surface area contributed by atoms with Crippen LogP contribution in [0.25, 0.3) is 0 Å². The minimum absolute atomic E-state index is 0.0121. The van der Waals surface area contributed by atoms with Crippen LogP contribution in [-0.4, -0.2) is 29.9 Å². The molecule has 0 fully saturated rings. The molecule has 1 amide bonds. The van der Waals surface area contributed by atoms with E-state index in [0.29, 0.717) is 5.69 Å². The van der Waals surface area contributed by atoms with Crippen LogP contribution in [0, 0.1) is 6.92 Å². The lowest BCUT2D eigenvalue weighted by Gasteiger charge is -2.07. The van der Waals surface area contributed by atoms with E-state index in [-0.39, 0.29) is 5.91 Å². The normalized spacial score (nSPS) is 9.73. The van der Waals surface area contributed by atoms with E-state index in [9.17, 15) is 4.79 Å². The minimum atomic E-state index is 0.0121. The first-order valence-corrected chi connectivity index (χ1v) is 3.48. The van der Waals surface area contributed by atoms with Gasteiger partial charge in [0.25, 0.3) is 5.91 Å². The highest BCUT2D eigenvalue weighted by atomic mass is 16.2. The van der Waals surface area contributed by atoms with Crippen LogP contribution in [0.1, 0.15) is 16.2 Å². The van der Waals surface area contributed by atoms with Crippen molar-refractivity contribution in [2.24, 2.45) is 0 Å². The smallest absolute Gasteiger partial charge is 0.269 e. The summed E-state index contributed by atoms with van der Waals surface area (Å²) in [6.45, 7) is 1.92. The first-order valence-electron chi connectivity index (χ1n) is 3.48. The fourth-order valence-corrected chi connectivity index (χ4v) is 0.870. The van der Waals surface area contributed by atoms with E-state index in [4.69, 9.17) is 0 Å². The van der Waals surface area contributed by atoms with Crippen molar-refractivity contribution in [2.45, 2.75) is 6.92 Å². The van der Waals surface area contributed by atoms with Gasteiger partial charge >= 0.3 is 0 Å². The van der Waals surface area contributed by atoms with Crippen molar-refractivity contribution in [3.8, 4) is 0 Å². The van der Waals surface area contributed by atoms with Gasteiger partial charge in [0.2, 0.25) is 0 Å². The monoisotopic (exact) mass is 152 g/mol. The molecule has 0 aliphatic heterocycles. The van der Waals surface area contributed by atoms with E-state index < -0.39 is 0 Å². The molecule has 11 heavy (non-hydrogen) atoms. The summed E-state index contributed by atoms with van der Waals surface area (Å²) in [6, 6.07) is 3.68. The number of nitrogens with zero attached hydrogens (tertiary/aromatic N) is 1. The summed E-state index contributed by atoms with van der Waals surface area (Å²) in [5.74, 6) is 0.0121. The third kappa shape index (κ3) is 1.61. The molecule has 3 nitrogen and oxygen atoms in total. The molecule has 0 aliphatic carbocycles. The van der Waals surface area contributed by atoms with Gasteiger partial charge in [0.15, 0.2) is 0 Å². The van der Waals surface area contributed by atoms with E-state index in [1.54, 1.807) is 25.1 Å². The molecule has 0 saturated carbocycles. The van der Waals surface area contributed by atoms with Crippen molar-refractivity contribution in [2.75, 3.05) is 14.1 Å². The Balaban J connectivity index is 2.85. The third-order valence-electron chi connectivity index (χ3n) is 1.47. The second-order valence-electron chi connectivity index (χ2n) is 2.75. The molecule has 0 aliphatic rings. The predicted octanol–water partition coefficient (Wildman–Crippen LogP) is 1.02. The molecule has 0 saturated heterocycles. The van der Waals surface area contributed by atoms with Gasteiger partial charge in [0.1, 0.15) is 5.69 Å². The summed E-state index contributed by atoms with van der Waals surface area (Å²) < 4.78 is 0. The highest BCUT2D eigenvalue weighted by molar-refractivity contribution is 5.92. The summed E-state index contributed by atoms with van der Waals surface area (Å²) >= 11 is 0. The molecule has 0 radical (unpaired) electrons. The largest absolute Gasteiger partial charge is 0.355 e. The quantitative estimate of drug-likeness (QED) is 0.641. The highest BCUT2D eigenvalue weighted by Gasteiger charge is 2.07. The molecular weight excluding hydrogens is 140 g/mol. The summed E-state index contributed by atoms with van der Waals surface area (Å²) in [4.78, 5) is 15.8. The van der Waals surface area contributed by atoms with Crippen molar-refractivity contribution >= 4 is 5.91 Å². The Morgan fingerprint density at radius 3 is 2.45 bits per heavy atom. The van der Waals surface area contributed by atoms with Crippen molar-refractivity contribution in [3.63, 3.8) is 0 Å². The van der Waals surface area contributed by atoms with Crippen LogP contribution < -0.4 is 0 Å². The van der Waals surface area contributed by atoms with Crippen LogP contribution in [0.5, 0.6) is 0 Å². The van der Waals surface area contributed by atoms with Crippen molar-refractivity contribution in [1.82, 2.24) is 9.88 Å². The first kappa shape index (κ1) is 7.85. The van der Waals surface area contributed by atoms with E-state index in [1.807, 2.05) is 13.0 Å². The van der Waals surface area contributed by atoms with Gasteiger partial charge in [-0.15, -0.1) is 0 Å². The molecule has 0 bridgehead atoms. The molecule has 1 N–H and O–H groups in total. The lowest BCUT2D eigenvalue weighted by Crippen LogP contribution is -2.21. The van der Waals surface area contributed by atoms with Crippen LogP contribution in [0.15, 0.2) is 12.1 Å². The number of aromatic amines is 1. The summed E-state index contributed by atoms with van der Waals surface area (Å²) in [5.41, 5.74) is 1.66. The van der Waals surface area contributed by atoms with E-state index in [0.717, 1.165) is 5.69 Å². The van der Waals surface area contributed by atoms with Crippen LogP contribution in [0.2, 0.25) is 0 Å². The fraction of sp³-hybridized carbons (Fsp3) is 0.375. The second-order valence-corrected chi connectivity index (χ2v) is 2.75. The van der Waals surface area contributed by atoms with Gasteiger partial charge in [-0.05, 0) is 19.1 Å². The van der Waals surface area contributed by atoms with Gasteiger partial charge in [0, 0.05) is 19.8 Å². The number of amides is 1. The zero-order valence-electron chi connectivity index (χ0n) is 7.01. The number of hydrogen-bond donors (Lipinski definition) is 1. The first-order chi connectivity index (χ1) is 5.11. The van der Waals surface area contributed by atoms with Gasteiger partial charge in [-0.2, -0.15) is 0 Å². The van der Waals surface area contributed by atoms with Gasteiger partial charge in [-0.3, -0.25) is 4.79 Å². The lowest BCUT2D eigenvalue weighted by molar-refractivity contribution is 0.0822. The Morgan fingerprint density at radius 2 is 2.09 bits per heavy atom. The van der Waals surface area contributed by atoms with Crippen LogP contribution in [0.4, 0.5) is 0 Å².